The van der Waals surface area contributed by atoms with Gasteiger partial charge < -0.3 is 9.47 Å². The van der Waals surface area contributed by atoms with Crippen LogP contribution < -0.4 is 9.64 Å². The highest BCUT2D eigenvalue weighted by atomic mass is 79.9. The van der Waals surface area contributed by atoms with Crippen LogP contribution in [0.4, 0.5) is 5.69 Å². The highest BCUT2D eigenvalue weighted by molar-refractivity contribution is 9.10. The molecular weight excluding hydrogens is 434 g/mol. The average molecular weight is 456 g/mol. The lowest BCUT2D eigenvalue weighted by atomic mass is 10.0. The Morgan fingerprint density at radius 3 is 2.28 bits per heavy atom. The van der Waals surface area contributed by atoms with Gasteiger partial charge in [-0.2, -0.15) is 0 Å². The number of anilines is 1. The summed E-state index contributed by atoms with van der Waals surface area (Å²) in [4.78, 5) is 27.5. The molecule has 0 radical (unpaired) electrons. The maximum Gasteiger partial charge on any atom is 0.340 e. The topological polar surface area (TPSA) is 55.8 Å². The Bertz CT molecular complexity index is 975. The molecule has 150 valence electrons. The summed E-state index contributed by atoms with van der Waals surface area (Å²) in [6.07, 6.45) is 1.72. The van der Waals surface area contributed by atoms with Crippen LogP contribution in [0.15, 0.2) is 69.8 Å². The molecule has 0 fully saturated rings. The van der Waals surface area contributed by atoms with Crippen LogP contribution in [0.5, 0.6) is 5.75 Å². The van der Waals surface area contributed by atoms with E-state index >= 15 is 0 Å². The fourth-order valence-corrected chi connectivity index (χ4v) is 3.44. The minimum absolute atomic E-state index is 0.235. The second kappa shape index (κ2) is 9.09. The number of carbonyl (C=O) groups is 2. The number of ether oxygens (including phenoxy) is 2. The van der Waals surface area contributed by atoms with E-state index in [1.54, 1.807) is 44.2 Å². The van der Waals surface area contributed by atoms with E-state index in [2.05, 4.69) is 15.9 Å². The summed E-state index contributed by atoms with van der Waals surface area (Å²) in [5.41, 5.74) is 2.63. The van der Waals surface area contributed by atoms with Crippen LogP contribution >= 0.6 is 15.9 Å². The molecule has 5 nitrogen and oxygen atoms in total. The van der Waals surface area contributed by atoms with Gasteiger partial charge in [0.15, 0.2) is 0 Å². The monoisotopic (exact) mass is 455 g/mol. The number of benzene rings is 2. The molecule has 0 spiro atoms. The molecule has 0 saturated carbocycles. The quantitative estimate of drug-likeness (QED) is 0.448. The molecule has 1 aliphatic rings. The van der Waals surface area contributed by atoms with Crippen molar-refractivity contribution in [3.8, 4) is 5.75 Å². The van der Waals surface area contributed by atoms with Gasteiger partial charge in [-0.3, -0.25) is 9.69 Å². The standard InChI is InChI=1S/C23H22BrNO4/c1-4-28-19-12-10-18(11-13-19)25-15(3)21(23(27)29-5-2)20(22(25)26)14-16-6-8-17(24)9-7-16/h6-14H,4-5H2,1-3H3/b20-14-. The molecule has 0 aliphatic carbocycles. The van der Waals surface area contributed by atoms with Gasteiger partial charge in [-0.05, 0) is 68.8 Å². The van der Waals surface area contributed by atoms with Crippen LogP contribution in [0.25, 0.3) is 6.08 Å². The zero-order valence-electron chi connectivity index (χ0n) is 16.6. The van der Waals surface area contributed by atoms with Gasteiger partial charge >= 0.3 is 5.97 Å². The number of nitrogens with zero attached hydrogens (tertiary/aromatic N) is 1. The molecule has 0 aromatic heterocycles. The summed E-state index contributed by atoms with van der Waals surface area (Å²) in [6, 6.07) is 14.7. The molecule has 0 bridgehead atoms. The highest BCUT2D eigenvalue weighted by Crippen LogP contribution is 2.36. The molecule has 1 amide bonds. The largest absolute Gasteiger partial charge is 0.494 e. The molecule has 1 aliphatic heterocycles. The number of halogens is 1. The lowest BCUT2D eigenvalue weighted by Crippen LogP contribution is -2.24. The van der Waals surface area contributed by atoms with E-state index in [0.29, 0.717) is 23.6 Å². The van der Waals surface area contributed by atoms with E-state index in [4.69, 9.17) is 9.47 Å². The van der Waals surface area contributed by atoms with Crippen molar-refractivity contribution < 1.29 is 19.1 Å². The van der Waals surface area contributed by atoms with E-state index in [9.17, 15) is 9.59 Å². The first-order valence-electron chi connectivity index (χ1n) is 9.39. The van der Waals surface area contributed by atoms with Gasteiger partial charge in [0.1, 0.15) is 5.75 Å². The van der Waals surface area contributed by atoms with Gasteiger partial charge in [-0.15, -0.1) is 0 Å². The second-order valence-electron chi connectivity index (χ2n) is 6.36. The average Bonchev–Trinajstić information content (AvgIpc) is 2.95. The van der Waals surface area contributed by atoms with Gasteiger partial charge in [0.05, 0.1) is 24.4 Å². The zero-order chi connectivity index (χ0) is 21.0. The number of carbonyl (C=O) groups excluding carboxylic acids is 2. The van der Waals surface area contributed by atoms with Gasteiger partial charge in [0, 0.05) is 15.9 Å². The third-order valence-electron chi connectivity index (χ3n) is 4.47. The minimum atomic E-state index is -0.504. The van der Waals surface area contributed by atoms with Crippen LogP contribution in [0.3, 0.4) is 0 Å². The maximum atomic E-state index is 13.3. The molecule has 3 rings (SSSR count). The molecule has 0 saturated heterocycles. The molecular formula is C23H22BrNO4. The minimum Gasteiger partial charge on any atom is -0.494 e. The molecule has 6 heteroatoms. The Balaban J connectivity index is 2.05. The van der Waals surface area contributed by atoms with Gasteiger partial charge in [0.25, 0.3) is 5.91 Å². The Morgan fingerprint density at radius 1 is 1.03 bits per heavy atom. The third-order valence-corrected chi connectivity index (χ3v) is 5.00. The normalized spacial score (nSPS) is 15.2. The lowest BCUT2D eigenvalue weighted by Gasteiger charge is -2.18. The first-order valence-corrected chi connectivity index (χ1v) is 10.2. The molecule has 2 aromatic rings. The van der Waals surface area contributed by atoms with Crippen molar-refractivity contribution in [2.24, 2.45) is 0 Å². The SMILES string of the molecule is CCOC(=O)C1=C(C)N(c2ccc(OCC)cc2)C(=O)/C1=C\c1ccc(Br)cc1. The summed E-state index contributed by atoms with van der Waals surface area (Å²) < 4.78 is 11.6. The number of amides is 1. The number of allylic oxidation sites excluding steroid dienone is 1. The highest BCUT2D eigenvalue weighted by Gasteiger charge is 2.38. The summed E-state index contributed by atoms with van der Waals surface area (Å²) in [5, 5.41) is 0. The van der Waals surface area contributed by atoms with E-state index in [1.165, 1.54) is 4.90 Å². The van der Waals surface area contributed by atoms with E-state index < -0.39 is 5.97 Å². The first kappa shape index (κ1) is 20.9. The fourth-order valence-electron chi connectivity index (χ4n) is 3.18. The maximum absolute atomic E-state index is 13.3. The van der Waals surface area contributed by atoms with Crippen LogP contribution in [-0.4, -0.2) is 25.1 Å². The van der Waals surface area contributed by atoms with Crippen molar-refractivity contribution >= 4 is 39.6 Å². The van der Waals surface area contributed by atoms with Crippen molar-refractivity contribution in [3.63, 3.8) is 0 Å². The summed E-state index contributed by atoms with van der Waals surface area (Å²) >= 11 is 3.40. The second-order valence-corrected chi connectivity index (χ2v) is 7.27. The van der Waals surface area contributed by atoms with E-state index in [0.717, 1.165) is 15.8 Å². The fraction of sp³-hybridized carbons (Fsp3) is 0.217. The Kier molecular flexibility index (Phi) is 6.54. The van der Waals surface area contributed by atoms with Gasteiger partial charge in [-0.25, -0.2) is 4.79 Å². The van der Waals surface area contributed by atoms with Crippen LogP contribution in [-0.2, 0) is 14.3 Å². The number of rotatable bonds is 6. The summed E-state index contributed by atoms with van der Waals surface area (Å²) in [6.45, 7) is 6.21. The van der Waals surface area contributed by atoms with Crippen LogP contribution in [0.2, 0.25) is 0 Å². The van der Waals surface area contributed by atoms with Crippen molar-refractivity contribution in [1.82, 2.24) is 0 Å². The molecule has 29 heavy (non-hydrogen) atoms. The number of esters is 1. The smallest absolute Gasteiger partial charge is 0.340 e. The number of hydrogen-bond acceptors (Lipinski definition) is 4. The van der Waals surface area contributed by atoms with Crippen LogP contribution in [0, 0.1) is 0 Å². The van der Waals surface area contributed by atoms with Crippen molar-refractivity contribution in [3.05, 3.63) is 75.4 Å². The predicted molar refractivity (Wildman–Crippen MR) is 117 cm³/mol. The zero-order valence-corrected chi connectivity index (χ0v) is 18.2. The summed E-state index contributed by atoms with van der Waals surface area (Å²) in [5.74, 6) is -0.0476. The number of hydrogen-bond donors (Lipinski definition) is 0. The molecule has 1 heterocycles. The third kappa shape index (κ3) is 4.43. The Hall–Kier alpha value is -2.86. The lowest BCUT2D eigenvalue weighted by molar-refractivity contribution is -0.138. The molecule has 0 atom stereocenters. The van der Waals surface area contributed by atoms with Crippen molar-refractivity contribution in [2.75, 3.05) is 18.1 Å². The molecule has 0 N–H and O–H groups in total. The van der Waals surface area contributed by atoms with Crippen LogP contribution in [0.1, 0.15) is 26.3 Å². The van der Waals surface area contributed by atoms with Gasteiger partial charge in [-0.1, -0.05) is 28.1 Å². The predicted octanol–water partition coefficient (Wildman–Crippen LogP) is 5.12. The molecule has 0 unspecified atom stereocenters. The van der Waals surface area contributed by atoms with Gasteiger partial charge in [0.2, 0.25) is 0 Å². The van der Waals surface area contributed by atoms with Crippen molar-refractivity contribution in [2.45, 2.75) is 20.8 Å². The Labute approximate surface area is 178 Å². The first-order chi connectivity index (χ1) is 14.0. The van der Waals surface area contributed by atoms with Crippen molar-refractivity contribution in [1.29, 1.82) is 0 Å². The van der Waals surface area contributed by atoms with E-state index in [-0.39, 0.29) is 18.1 Å². The Morgan fingerprint density at radius 2 is 1.69 bits per heavy atom. The molecule has 2 aromatic carbocycles. The van der Waals surface area contributed by atoms with E-state index in [1.807, 2.05) is 31.2 Å². The summed E-state index contributed by atoms with van der Waals surface area (Å²) in [7, 11) is 0.